The number of carbonyl (C=O) groups is 3. The minimum atomic E-state index is -0.678. The Morgan fingerprint density at radius 3 is 2.56 bits per heavy atom. The van der Waals surface area contributed by atoms with Crippen molar-refractivity contribution in [2.24, 2.45) is 11.8 Å². The van der Waals surface area contributed by atoms with Crippen LogP contribution in [0.4, 0.5) is 0 Å². The van der Waals surface area contributed by atoms with Gasteiger partial charge < -0.3 is 19.5 Å². The third-order valence-corrected chi connectivity index (χ3v) is 7.15. The lowest BCUT2D eigenvalue weighted by Crippen LogP contribution is -2.42. The Morgan fingerprint density at radius 2 is 1.94 bits per heavy atom. The van der Waals surface area contributed by atoms with Gasteiger partial charge in [-0.3, -0.25) is 19.2 Å². The zero-order chi connectivity index (χ0) is 26.8. The van der Waals surface area contributed by atoms with Gasteiger partial charge in [0.15, 0.2) is 6.10 Å². The summed E-state index contributed by atoms with van der Waals surface area (Å²) in [4.78, 5) is 55.3. The molecule has 0 saturated heterocycles. The maximum Gasteiger partial charge on any atom is 0.303 e. The summed E-state index contributed by atoms with van der Waals surface area (Å²) in [6.07, 6.45) is 2.75. The summed E-state index contributed by atoms with van der Waals surface area (Å²) in [6, 6.07) is 4.71. The van der Waals surface area contributed by atoms with E-state index in [-0.39, 0.29) is 47.5 Å². The summed E-state index contributed by atoms with van der Waals surface area (Å²) in [7, 11) is 1.79. The van der Waals surface area contributed by atoms with Gasteiger partial charge >= 0.3 is 5.97 Å². The lowest BCUT2D eigenvalue weighted by Gasteiger charge is -2.34. The third-order valence-electron chi connectivity index (χ3n) is 6.21. The van der Waals surface area contributed by atoms with E-state index in [1.165, 1.54) is 28.9 Å². The van der Waals surface area contributed by atoms with Crippen molar-refractivity contribution < 1.29 is 19.1 Å². The lowest BCUT2D eigenvalue weighted by molar-refractivity contribution is -0.148. The number of hydrogen-bond acceptors (Lipinski definition) is 7. The Labute approximate surface area is 216 Å². The second-order valence-electron chi connectivity index (χ2n) is 9.43. The Balaban J connectivity index is 2.11. The zero-order valence-corrected chi connectivity index (χ0v) is 22.8. The van der Waals surface area contributed by atoms with Gasteiger partial charge in [0.2, 0.25) is 5.91 Å². The number of esters is 1. The van der Waals surface area contributed by atoms with Gasteiger partial charge in [0.25, 0.3) is 11.5 Å². The molecule has 0 fully saturated rings. The molecule has 10 heteroatoms. The molecule has 1 N–H and O–H groups in total. The van der Waals surface area contributed by atoms with Crippen LogP contribution in [0.5, 0.6) is 0 Å². The van der Waals surface area contributed by atoms with E-state index in [4.69, 9.17) is 4.74 Å². The third kappa shape index (κ3) is 8.58. The molecule has 3 atom stereocenters. The average Bonchev–Trinajstić information content (AvgIpc) is 3.32. The van der Waals surface area contributed by atoms with E-state index in [2.05, 4.69) is 24.1 Å². The zero-order valence-electron chi connectivity index (χ0n) is 22.0. The molecule has 0 unspecified atom stereocenters. The number of carbonyl (C=O) groups excluding carboxylic acids is 3. The van der Waals surface area contributed by atoms with Crippen molar-refractivity contribution in [2.75, 3.05) is 13.6 Å². The van der Waals surface area contributed by atoms with Crippen LogP contribution in [0.25, 0.3) is 0 Å². The molecule has 0 aliphatic heterocycles. The molecule has 2 heterocycles. The van der Waals surface area contributed by atoms with Gasteiger partial charge in [-0.1, -0.05) is 40.2 Å². The van der Waals surface area contributed by atoms with Crippen molar-refractivity contribution >= 4 is 29.1 Å². The van der Waals surface area contributed by atoms with Crippen LogP contribution in [0.3, 0.4) is 0 Å². The van der Waals surface area contributed by atoms with Gasteiger partial charge in [-0.25, -0.2) is 4.98 Å². The second kappa shape index (κ2) is 13.9. The quantitative estimate of drug-likeness (QED) is 0.405. The van der Waals surface area contributed by atoms with Crippen LogP contribution in [0.2, 0.25) is 0 Å². The van der Waals surface area contributed by atoms with Crippen LogP contribution in [0, 0.1) is 11.8 Å². The second-order valence-corrected chi connectivity index (χ2v) is 10.3. The van der Waals surface area contributed by atoms with E-state index in [9.17, 15) is 19.2 Å². The summed E-state index contributed by atoms with van der Waals surface area (Å²) < 4.78 is 7.10. The molecule has 2 aromatic rings. The molecule has 2 rings (SSSR count). The molecule has 2 aromatic heterocycles. The number of amides is 2. The molecular formula is C26H38N4O5S. The van der Waals surface area contributed by atoms with Crippen molar-refractivity contribution in [1.82, 2.24) is 19.8 Å². The predicted octanol–water partition coefficient (Wildman–Crippen LogP) is 3.65. The van der Waals surface area contributed by atoms with Gasteiger partial charge in [-0.2, -0.15) is 0 Å². The largest absolute Gasteiger partial charge is 0.455 e. The van der Waals surface area contributed by atoms with Crippen molar-refractivity contribution in [3.8, 4) is 0 Å². The topological polar surface area (TPSA) is 111 Å². The van der Waals surface area contributed by atoms with Crippen LogP contribution < -0.4 is 10.9 Å². The fourth-order valence-electron chi connectivity index (χ4n) is 3.83. The Morgan fingerprint density at radius 1 is 1.22 bits per heavy atom. The minimum absolute atomic E-state index is 0.0568. The molecule has 36 heavy (non-hydrogen) atoms. The molecule has 198 valence electrons. The lowest BCUT2D eigenvalue weighted by atomic mass is 9.95. The number of thiazole rings is 1. The van der Waals surface area contributed by atoms with Gasteiger partial charge in [0.1, 0.15) is 10.7 Å². The fraction of sp³-hybridized carbons (Fsp3) is 0.577. The van der Waals surface area contributed by atoms with Crippen LogP contribution in [-0.4, -0.2) is 51.9 Å². The Kier molecular flexibility index (Phi) is 11.3. The van der Waals surface area contributed by atoms with E-state index in [1.54, 1.807) is 35.7 Å². The molecule has 9 nitrogen and oxygen atoms in total. The molecule has 2 amide bonds. The van der Waals surface area contributed by atoms with Crippen molar-refractivity contribution in [2.45, 2.75) is 72.6 Å². The van der Waals surface area contributed by atoms with Crippen molar-refractivity contribution in [1.29, 1.82) is 0 Å². The Bertz CT molecular complexity index is 1080. The summed E-state index contributed by atoms with van der Waals surface area (Å²) >= 11 is 1.24. The summed E-state index contributed by atoms with van der Waals surface area (Å²) in [5, 5.41) is 4.89. The maximum atomic E-state index is 12.8. The highest BCUT2D eigenvalue weighted by Crippen LogP contribution is 2.30. The van der Waals surface area contributed by atoms with Crippen molar-refractivity contribution in [3.05, 3.63) is 50.8 Å². The molecule has 0 aliphatic carbocycles. The number of ether oxygens (including phenoxy) is 1. The van der Waals surface area contributed by atoms with Crippen LogP contribution in [0.1, 0.15) is 75.5 Å². The average molecular weight is 519 g/mol. The van der Waals surface area contributed by atoms with E-state index in [1.807, 2.05) is 13.8 Å². The molecular weight excluding hydrogens is 480 g/mol. The van der Waals surface area contributed by atoms with Crippen LogP contribution >= 0.6 is 11.3 Å². The van der Waals surface area contributed by atoms with Gasteiger partial charge in [0.05, 0.1) is 0 Å². The summed E-state index contributed by atoms with van der Waals surface area (Å²) in [5.74, 6) is -0.355. The van der Waals surface area contributed by atoms with Crippen molar-refractivity contribution in [3.63, 3.8) is 0 Å². The first-order valence-electron chi connectivity index (χ1n) is 12.3. The number of rotatable bonds is 13. The number of nitrogens with zero attached hydrogens (tertiary/aromatic N) is 3. The smallest absolute Gasteiger partial charge is 0.303 e. The molecule has 0 bridgehead atoms. The first-order valence-corrected chi connectivity index (χ1v) is 13.2. The SMILES string of the molecule is CC[C@H](C)CC(=O)N(C)[C@H](C[C@@H](OC(C)=O)c1nc(C(=O)NCCn2ccccc2=O)cs1)C(C)C. The van der Waals surface area contributed by atoms with Gasteiger partial charge in [0, 0.05) is 63.6 Å². The number of aromatic nitrogens is 2. The molecule has 0 aliphatic rings. The van der Waals surface area contributed by atoms with Crippen LogP contribution in [0.15, 0.2) is 34.6 Å². The highest BCUT2D eigenvalue weighted by atomic mass is 32.1. The maximum absolute atomic E-state index is 12.8. The van der Waals surface area contributed by atoms with E-state index in [0.717, 1.165) is 6.42 Å². The highest BCUT2D eigenvalue weighted by molar-refractivity contribution is 7.09. The first kappa shape index (κ1) is 29.2. The normalized spacial score (nSPS) is 13.6. The van der Waals surface area contributed by atoms with Gasteiger partial charge in [-0.15, -0.1) is 11.3 Å². The predicted molar refractivity (Wildman–Crippen MR) is 140 cm³/mol. The molecule has 0 radical (unpaired) electrons. The molecule has 0 saturated carbocycles. The summed E-state index contributed by atoms with van der Waals surface area (Å²) in [6.45, 7) is 10.1. The number of nitrogens with one attached hydrogen (secondary N) is 1. The minimum Gasteiger partial charge on any atom is -0.455 e. The van der Waals surface area contributed by atoms with E-state index in [0.29, 0.717) is 24.4 Å². The van der Waals surface area contributed by atoms with E-state index >= 15 is 0 Å². The number of pyridine rings is 1. The van der Waals surface area contributed by atoms with Crippen LogP contribution in [-0.2, 0) is 20.9 Å². The highest BCUT2D eigenvalue weighted by Gasteiger charge is 2.31. The van der Waals surface area contributed by atoms with Gasteiger partial charge in [-0.05, 0) is 17.9 Å². The Hall–Kier alpha value is -3.01. The number of hydrogen-bond donors (Lipinski definition) is 1. The fourth-order valence-corrected chi connectivity index (χ4v) is 4.67. The van der Waals surface area contributed by atoms with E-state index < -0.39 is 12.1 Å². The standard InChI is InChI=1S/C26H38N4O5S/c1-7-18(4)14-24(33)29(6)21(17(2)3)15-22(35-19(5)31)26-28-20(16-36-26)25(34)27-11-13-30-12-9-8-10-23(30)32/h8-10,12,16-18,21-22H,7,11,13-15H2,1-6H3,(H,27,34)/t18-,21+,22+/m0/s1. The monoisotopic (exact) mass is 518 g/mol. The summed E-state index contributed by atoms with van der Waals surface area (Å²) in [5.41, 5.74) is 0.0779. The molecule has 0 spiro atoms. The first-order chi connectivity index (χ1) is 17.0. The molecule has 0 aromatic carbocycles.